The molecule has 0 amide bonds. The summed E-state index contributed by atoms with van der Waals surface area (Å²) in [5.74, 6) is 2.07. The second-order valence-electron chi connectivity index (χ2n) is 5.64. The van der Waals surface area contributed by atoms with Crippen LogP contribution in [0.3, 0.4) is 0 Å². The number of nitrogen functional groups attached to an aromatic ring is 1. The molecule has 0 unspecified atom stereocenters. The standard InChI is InChI=1S/C21H15N3O/c22-14-18-19-8-4-5-13-24(19)21(23)20(18)15-9-11-17(12-10-15)25-16-6-2-1-3-7-16/h1-13H,23H2. The average molecular weight is 325 g/mol. The molecule has 2 heterocycles. The Balaban J connectivity index is 1.75. The quantitative estimate of drug-likeness (QED) is 0.585. The first-order valence-corrected chi connectivity index (χ1v) is 7.90. The lowest BCUT2D eigenvalue weighted by atomic mass is 10.0. The number of nitriles is 1. The molecule has 0 saturated heterocycles. The summed E-state index contributed by atoms with van der Waals surface area (Å²) in [7, 11) is 0. The van der Waals surface area contributed by atoms with E-state index in [0.717, 1.165) is 28.1 Å². The van der Waals surface area contributed by atoms with Crippen molar-refractivity contribution in [2.45, 2.75) is 0 Å². The van der Waals surface area contributed by atoms with Crippen molar-refractivity contribution in [2.75, 3.05) is 5.73 Å². The van der Waals surface area contributed by atoms with E-state index in [1.165, 1.54) is 0 Å². The Labute approximate surface area is 145 Å². The van der Waals surface area contributed by atoms with Crippen molar-refractivity contribution in [2.24, 2.45) is 0 Å². The van der Waals surface area contributed by atoms with Crippen LogP contribution in [-0.4, -0.2) is 4.40 Å². The summed E-state index contributed by atoms with van der Waals surface area (Å²) in [4.78, 5) is 0. The largest absolute Gasteiger partial charge is 0.457 e. The summed E-state index contributed by atoms with van der Waals surface area (Å²) < 4.78 is 7.65. The topological polar surface area (TPSA) is 63.4 Å². The van der Waals surface area contributed by atoms with Crippen LogP contribution in [0.1, 0.15) is 5.56 Å². The first kappa shape index (κ1) is 14.9. The van der Waals surface area contributed by atoms with Gasteiger partial charge in [0.05, 0.1) is 11.1 Å². The molecule has 0 fully saturated rings. The van der Waals surface area contributed by atoms with E-state index >= 15 is 0 Å². The number of rotatable bonds is 3. The molecule has 2 aromatic heterocycles. The number of pyridine rings is 1. The van der Waals surface area contributed by atoms with Gasteiger partial charge in [-0.2, -0.15) is 5.26 Å². The molecule has 0 aliphatic carbocycles. The van der Waals surface area contributed by atoms with Crippen molar-refractivity contribution < 1.29 is 4.74 Å². The van der Waals surface area contributed by atoms with E-state index in [1.807, 2.05) is 83.4 Å². The van der Waals surface area contributed by atoms with Gasteiger partial charge < -0.3 is 14.9 Å². The Kier molecular flexibility index (Phi) is 3.60. The molecule has 0 radical (unpaired) electrons. The molecule has 2 N–H and O–H groups in total. The van der Waals surface area contributed by atoms with E-state index in [1.54, 1.807) is 0 Å². The van der Waals surface area contributed by atoms with Crippen LogP contribution in [0.15, 0.2) is 79.0 Å². The molecular weight excluding hydrogens is 310 g/mol. The first-order chi connectivity index (χ1) is 12.3. The first-order valence-electron chi connectivity index (χ1n) is 7.90. The molecular formula is C21H15N3O. The van der Waals surface area contributed by atoms with Crippen LogP contribution < -0.4 is 10.5 Å². The second-order valence-corrected chi connectivity index (χ2v) is 5.64. The van der Waals surface area contributed by atoms with Crippen molar-refractivity contribution >= 4 is 11.3 Å². The molecule has 120 valence electrons. The molecule has 0 aliphatic rings. The number of fused-ring (bicyclic) bond motifs is 1. The van der Waals surface area contributed by atoms with Gasteiger partial charge in [0.1, 0.15) is 23.4 Å². The Morgan fingerprint density at radius 2 is 1.52 bits per heavy atom. The highest BCUT2D eigenvalue weighted by atomic mass is 16.5. The normalized spacial score (nSPS) is 10.5. The predicted octanol–water partition coefficient (Wildman–Crippen LogP) is 4.85. The number of hydrogen-bond acceptors (Lipinski definition) is 3. The van der Waals surface area contributed by atoms with Gasteiger partial charge in [-0.15, -0.1) is 0 Å². The third-order valence-corrected chi connectivity index (χ3v) is 4.12. The smallest absolute Gasteiger partial charge is 0.127 e. The summed E-state index contributed by atoms with van der Waals surface area (Å²) in [5.41, 5.74) is 9.31. The maximum Gasteiger partial charge on any atom is 0.127 e. The number of para-hydroxylation sites is 1. The van der Waals surface area contributed by atoms with E-state index in [2.05, 4.69) is 6.07 Å². The molecule has 0 saturated carbocycles. The zero-order valence-corrected chi connectivity index (χ0v) is 13.4. The van der Waals surface area contributed by atoms with Gasteiger partial charge in [-0.3, -0.25) is 0 Å². The maximum absolute atomic E-state index is 9.60. The predicted molar refractivity (Wildman–Crippen MR) is 98.5 cm³/mol. The number of aromatic nitrogens is 1. The minimum atomic E-state index is 0.559. The molecule has 0 aliphatic heterocycles. The highest BCUT2D eigenvalue weighted by Crippen LogP contribution is 2.35. The number of anilines is 1. The molecule has 0 bridgehead atoms. The monoisotopic (exact) mass is 325 g/mol. The molecule has 0 spiro atoms. The molecule has 2 aromatic carbocycles. The van der Waals surface area contributed by atoms with Gasteiger partial charge in [0.2, 0.25) is 0 Å². The Morgan fingerprint density at radius 3 is 2.24 bits per heavy atom. The molecule has 4 rings (SSSR count). The summed E-state index contributed by atoms with van der Waals surface area (Å²) in [5, 5.41) is 9.60. The molecule has 4 aromatic rings. The fourth-order valence-electron chi connectivity index (χ4n) is 2.95. The lowest BCUT2D eigenvalue weighted by Crippen LogP contribution is -1.93. The van der Waals surface area contributed by atoms with E-state index in [-0.39, 0.29) is 0 Å². The van der Waals surface area contributed by atoms with Gasteiger partial charge in [-0.05, 0) is 42.0 Å². The van der Waals surface area contributed by atoms with E-state index < -0.39 is 0 Å². The zero-order chi connectivity index (χ0) is 17.2. The van der Waals surface area contributed by atoms with E-state index in [0.29, 0.717) is 11.4 Å². The number of benzene rings is 2. The minimum absolute atomic E-state index is 0.559. The lowest BCUT2D eigenvalue weighted by molar-refractivity contribution is 0.483. The van der Waals surface area contributed by atoms with Gasteiger partial charge in [-0.1, -0.05) is 36.4 Å². The summed E-state index contributed by atoms with van der Waals surface area (Å²) >= 11 is 0. The summed E-state index contributed by atoms with van der Waals surface area (Å²) in [6.07, 6.45) is 1.86. The van der Waals surface area contributed by atoms with Crippen LogP contribution in [0.25, 0.3) is 16.6 Å². The third kappa shape index (κ3) is 2.58. The maximum atomic E-state index is 9.60. The molecule has 25 heavy (non-hydrogen) atoms. The van der Waals surface area contributed by atoms with Gasteiger partial charge in [-0.25, -0.2) is 0 Å². The highest BCUT2D eigenvalue weighted by Gasteiger charge is 2.17. The fraction of sp³-hybridized carbons (Fsp3) is 0. The van der Waals surface area contributed by atoms with Gasteiger partial charge >= 0.3 is 0 Å². The van der Waals surface area contributed by atoms with Crippen LogP contribution in [0.5, 0.6) is 11.5 Å². The number of nitrogens with two attached hydrogens (primary N) is 1. The average Bonchev–Trinajstić information content (AvgIpc) is 2.95. The van der Waals surface area contributed by atoms with Crippen molar-refractivity contribution in [3.8, 4) is 28.7 Å². The minimum Gasteiger partial charge on any atom is -0.457 e. The number of ether oxygens (including phenoxy) is 1. The SMILES string of the molecule is N#Cc1c(-c2ccc(Oc3ccccc3)cc2)c(N)n2ccccc12. The van der Waals surface area contributed by atoms with Crippen LogP contribution in [-0.2, 0) is 0 Å². The van der Waals surface area contributed by atoms with Crippen molar-refractivity contribution in [3.63, 3.8) is 0 Å². The molecule has 4 nitrogen and oxygen atoms in total. The van der Waals surface area contributed by atoms with Crippen LogP contribution >= 0.6 is 0 Å². The highest BCUT2D eigenvalue weighted by molar-refractivity contribution is 5.89. The van der Waals surface area contributed by atoms with Gasteiger partial charge in [0.15, 0.2) is 0 Å². The lowest BCUT2D eigenvalue weighted by Gasteiger charge is -2.07. The van der Waals surface area contributed by atoms with Crippen LogP contribution in [0.4, 0.5) is 5.82 Å². The van der Waals surface area contributed by atoms with E-state index in [4.69, 9.17) is 10.5 Å². The Hall–Kier alpha value is -3.71. The molecule has 4 heteroatoms. The second kappa shape index (κ2) is 6.06. The fourth-order valence-corrected chi connectivity index (χ4v) is 2.95. The van der Waals surface area contributed by atoms with Crippen molar-refractivity contribution in [1.29, 1.82) is 5.26 Å². The van der Waals surface area contributed by atoms with Crippen LogP contribution in [0.2, 0.25) is 0 Å². The molecule has 0 atom stereocenters. The number of nitrogens with zero attached hydrogens (tertiary/aromatic N) is 2. The Morgan fingerprint density at radius 1 is 0.840 bits per heavy atom. The summed E-state index contributed by atoms with van der Waals surface area (Å²) in [6.45, 7) is 0. The van der Waals surface area contributed by atoms with Gasteiger partial charge in [0, 0.05) is 11.8 Å². The Bertz CT molecular complexity index is 1070. The van der Waals surface area contributed by atoms with Crippen molar-refractivity contribution in [3.05, 3.63) is 84.6 Å². The third-order valence-electron chi connectivity index (χ3n) is 4.12. The van der Waals surface area contributed by atoms with E-state index in [9.17, 15) is 5.26 Å². The summed E-state index contributed by atoms with van der Waals surface area (Å²) in [6, 6.07) is 25.2. The number of hydrogen-bond donors (Lipinski definition) is 1. The van der Waals surface area contributed by atoms with Gasteiger partial charge in [0.25, 0.3) is 0 Å². The zero-order valence-electron chi connectivity index (χ0n) is 13.4. The van der Waals surface area contributed by atoms with Crippen molar-refractivity contribution in [1.82, 2.24) is 4.40 Å². The van der Waals surface area contributed by atoms with Crippen LogP contribution in [0, 0.1) is 11.3 Å².